The summed E-state index contributed by atoms with van der Waals surface area (Å²) in [7, 11) is 1.37. The molecule has 2 N–H and O–H groups in total. The van der Waals surface area contributed by atoms with E-state index in [0.717, 1.165) is 0 Å². The fourth-order valence-corrected chi connectivity index (χ4v) is 1.65. The molecule has 0 aromatic carbocycles. The van der Waals surface area contributed by atoms with Gasteiger partial charge >= 0.3 is 5.97 Å². The van der Waals surface area contributed by atoms with Crippen molar-refractivity contribution in [3.63, 3.8) is 0 Å². The Bertz CT molecular complexity index is 241. The average molecular weight is 234 g/mol. The Balaban J connectivity index is 2.60. The number of carbonyl (C=O) groups is 1. The minimum atomic E-state index is -1.09. The van der Waals surface area contributed by atoms with Gasteiger partial charge in [-0.1, -0.05) is 6.92 Å². The van der Waals surface area contributed by atoms with E-state index in [1.165, 1.54) is 14.0 Å². The molecule has 0 bridgehead atoms. The van der Waals surface area contributed by atoms with Crippen molar-refractivity contribution in [2.45, 2.75) is 38.4 Å². The molecule has 1 aliphatic heterocycles. The molecule has 0 aromatic heterocycles. The predicted molar refractivity (Wildman–Crippen MR) is 53.5 cm³/mol. The van der Waals surface area contributed by atoms with E-state index in [9.17, 15) is 15.0 Å². The second kappa shape index (κ2) is 5.58. The third kappa shape index (κ3) is 2.91. The van der Waals surface area contributed by atoms with Crippen molar-refractivity contribution in [1.29, 1.82) is 0 Å². The van der Waals surface area contributed by atoms with Crippen molar-refractivity contribution < 1.29 is 29.2 Å². The smallest absolute Gasteiger partial charge is 0.302 e. The van der Waals surface area contributed by atoms with Gasteiger partial charge in [-0.3, -0.25) is 4.79 Å². The van der Waals surface area contributed by atoms with Gasteiger partial charge in [0.2, 0.25) is 0 Å². The Kier molecular flexibility index (Phi) is 4.67. The van der Waals surface area contributed by atoms with Gasteiger partial charge in [-0.25, -0.2) is 0 Å². The molecular formula is C10H18O6. The number of hydrogen-bond donors (Lipinski definition) is 2. The topological polar surface area (TPSA) is 85.2 Å². The zero-order valence-electron chi connectivity index (χ0n) is 9.62. The monoisotopic (exact) mass is 234 g/mol. The second-order valence-corrected chi connectivity index (χ2v) is 3.92. The molecule has 1 aliphatic rings. The molecule has 94 valence electrons. The quantitative estimate of drug-likeness (QED) is 0.627. The summed E-state index contributed by atoms with van der Waals surface area (Å²) in [6.07, 6.45) is -3.42. The summed E-state index contributed by atoms with van der Waals surface area (Å²) in [5.74, 6) is -0.744. The highest BCUT2D eigenvalue weighted by molar-refractivity contribution is 5.65. The molecule has 1 fully saturated rings. The zero-order chi connectivity index (χ0) is 12.3. The molecule has 16 heavy (non-hydrogen) atoms. The fourth-order valence-electron chi connectivity index (χ4n) is 1.65. The molecule has 0 saturated carbocycles. The lowest BCUT2D eigenvalue weighted by atomic mass is 9.91. The normalized spacial score (nSPS) is 39.4. The van der Waals surface area contributed by atoms with E-state index in [1.807, 2.05) is 0 Å². The van der Waals surface area contributed by atoms with Gasteiger partial charge < -0.3 is 24.4 Å². The van der Waals surface area contributed by atoms with E-state index in [4.69, 9.17) is 14.2 Å². The molecule has 2 unspecified atom stereocenters. The van der Waals surface area contributed by atoms with Gasteiger partial charge in [0.05, 0.1) is 12.2 Å². The maximum atomic E-state index is 10.7. The molecule has 0 amide bonds. The summed E-state index contributed by atoms with van der Waals surface area (Å²) in [5.41, 5.74) is 0. The van der Waals surface area contributed by atoms with Crippen LogP contribution in [0.3, 0.4) is 0 Å². The minimum Gasteiger partial charge on any atom is -0.463 e. The molecule has 0 aliphatic carbocycles. The Morgan fingerprint density at radius 2 is 2.00 bits per heavy atom. The van der Waals surface area contributed by atoms with Crippen LogP contribution in [0.5, 0.6) is 0 Å². The lowest BCUT2D eigenvalue weighted by Crippen LogP contribution is -2.55. The Labute approximate surface area is 94.1 Å². The number of esters is 1. The van der Waals surface area contributed by atoms with Gasteiger partial charge in [0.25, 0.3) is 0 Å². The van der Waals surface area contributed by atoms with E-state index >= 15 is 0 Å². The Morgan fingerprint density at radius 3 is 2.50 bits per heavy atom. The number of aliphatic hydroxyl groups is 2. The van der Waals surface area contributed by atoms with Gasteiger partial charge in [-0.15, -0.1) is 0 Å². The molecule has 5 atom stereocenters. The predicted octanol–water partition coefficient (Wildman–Crippen LogP) is -0.721. The molecule has 6 nitrogen and oxygen atoms in total. The van der Waals surface area contributed by atoms with Crippen LogP contribution in [0.15, 0.2) is 0 Å². The molecule has 6 heteroatoms. The van der Waals surface area contributed by atoms with Crippen LogP contribution in [0.1, 0.15) is 13.8 Å². The van der Waals surface area contributed by atoms with Gasteiger partial charge in [0.15, 0.2) is 6.29 Å². The largest absolute Gasteiger partial charge is 0.463 e. The highest BCUT2D eigenvalue weighted by atomic mass is 16.7. The van der Waals surface area contributed by atoms with Crippen LogP contribution in [0.2, 0.25) is 0 Å². The molecule has 0 spiro atoms. The molecule has 1 saturated heterocycles. The first kappa shape index (κ1) is 13.4. The van der Waals surface area contributed by atoms with Crippen LogP contribution in [-0.4, -0.2) is 54.5 Å². The SMILES string of the molecule is CO[C@@H]1OC(COC(C)=O)[C@H](C)[C@H](O)C1O. The van der Waals surface area contributed by atoms with Crippen molar-refractivity contribution >= 4 is 5.97 Å². The average Bonchev–Trinajstić information content (AvgIpc) is 2.25. The first-order valence-electron chi connectivity index (χ1n) is 5.15. The first-order valence-corrected chi connectivity index (χ1v) is 5.15. The van der Waals surface area contributed by atoms with Gasteiger partial charge in [0, 0.05) is 20.0 Å². The molecular weight excluding hydrogens is 216 g/mol. The van der Waals surface area contributed by atoms with Gasteiger partial charge in [-0.05, 0) is 0 Å². The van der Waals surface area contributed by atoms with Crippen LogP contribution < -0.4 is 0 Å². The number of hydrogen-bond acceptors (Lipinski definition) is 6. The first-order chi connectivity index (χ1) is 7.47. The van der Waals surface area contributed by atoms with Gasteiger partial charge in [-0.2, -0.15) is 0 Å². The Hall–Kier alpha value is -0.690. The van der Waals surface area contributed by atoms with Crippen molar-refractivity contribution in [3.8, 4) is 0 Å². The summed E-state index contributed by atoms with van der Waals surface area (Å²) in [5, 5.41) is 19.3. The lowest BCUT2D eigenvalue weighted by molar-refractivity contribution is -0.281. The van der Waals surface area contributed by atoms with Crippen molar-refractivity contribution in [2.75, 3.05) is 13.7 Å². The third-order valence-corrected chi connectivity index (χ3v) is 2.75. The summed E-state index contributed by atoms with van der Waals surface area (Å²) < 4.78 is 15.1. The van der Waals surface area contributed by atoms with E-state index in [-0.39, 0.29) is 12.5 Å². The van der Waals surface area contributed by atoms with Crippen molar-refractivity contribution in [2.24, 2.45) is 5.92 Å². The van der Waals surface area contributed by atoms with Crippen LogP contribution in [0.4, 0.5) is 0 Å². The highest BCUT2D eigenvalue weighted by Crippen LogP contribution is 2.26. The van der Waals surface area contributed by atoms with Gasteiger partial charge in [0.1, 0.15) is 12.7 Å². The number of carbonyl (C=O) groups excluding carboxylic acids is 1. The minimum absolute atomic E-state index is 0.0418. The highest BCUT2D eigenvalue weighted by Gasteiger charge is 2.42. The zero-order valence-corrected chi connectivity index (χ0v) is 9.62. The summed E-state index contributed by atoms with van der Waals surface area (Å²) >= 11 is 0. The molecule has 1 rings (SSSR count). The van der Waals surface area contributed by atoms with Crippen LogP contribution in [-0.2, 0) is 19.0 Å². The van der Waals surface area contributed by atoms with Crippen LogP contribution in [0, 0.1) is 5.92 Å². The molecule has 1 heterocycles. The fraction of sp³-hybridized carbons (Fsp3) is 0.900. The van der Waals surface area contributed by atoms with E-state index in [1.54, 1.807) is 6.92 Å². The number of rotatable bonds is 3. The van der Waals surface area contributed by atoms with Crippen molar-refractivity contribution in [3.05, 3.63) is 0 Å². The van der Waals surface area contributed by atoms with E-state index in [0.29, 0.717) is 0 Å². The molecule has 0 aromatic rings. The van der Waals surface area contributed by atoms with E-state index < -0.39 is 30.6 Å². The number of ether oxygens (including phenoxy) is 3. The summed E-state index contributed by atoms with van der Waals surface area (Å²) in [4.78, 5) is 10.7. The Morgan fingerprint density at radius 1 is 1.38 bits per heavy atom. The van der Waals surface area contributed by atoms with Crippen LogP contribution >= 0.6 is 0 Å². The summed E-state index contributed by atoms with van der Waals surface area (Å²) in [6.45, 7) is 3.06. The molecule has 0 radical (unpaired) electrons. The van der Waals surface area contributed by atoms with Crippen molar-refractivity contribution in [1.82, 2.24) is 0 Å². The maximum absolute atomic E-state index is 10.7. The maximum Gasteiger partial charge on any atom is 0.302 e. The van der Waals surface area contributed by atoms with E-state index in [2.05, 4.69) is 0 Å². The summed E-state index contributed by atoms with van der Waals surface area (Å²) in [6, 6.07) is 0. The standard InChI is InChI=1S/C10H18O6/c1-5-7(4-15-6(2)11)16-10(14-3)9(13)8(5)12/h5,7-10,12-13H,4H2,1-3H3/t5-,7?,8-,9?,10+/m0/s1. The lowest BCUT2D eigenvalue weighted by Gasteiger charge is -2.40. The second-order valence-electron chi connectivity index (χ2n) is 3.92. The number of aliphatic hydroxyl groups excluding tert-OH is 2. The third-order valence-electron chi connectivity index (χ3n) is 2.75. The number of methoxy groups -OCH3 is 1. The van der Waals surface area contributed by atoms with Crippen LogP contribution in [0.25, 0.3) is 0 Å².